The standard InChI is InChI=1S/C16H20N4O2/c21-16(14-12-3-1-2-4-13(12)22-19-14)18-8-10-20-9-7-17-15(20)11-5-6-11/h7,9,11H,1-6,8,10H2,(H,18,21). The topological polar surface area (TPSA) is 73.0 Å². The number of carbonyl (C=O) groups is 1. The lowest BCUT2D eigenvalue weighted by atomic mass is 9.96. The van der Waals surface area contributed by atoms with Crippen molar-refractivity contribution in [2.45, 2.75) is 51.0 Å². The zero-order valence-electron chi connectivity index (χ0n) is 12.5. The van der Waals surface area contributed by atoms with Crippen LogP contribution in [0.4, 0.5) is 0 Å². The van der Waals surface area contributed by atoms with Crippen LogP contribution >= 0.6 is 0 Å². The number of imidazole rings is 1. The number of amides is 1. The number of rotatable bonds is 5. The number of hydrogen-bond acceptors (Lipinski definition) is 4. The summed E-state index contributed by atoms with van der Waals surface area (Å²) in [6.45, 7) is 1.33. The van der Waals surface area contributed by atoms with E-state index < -0.39 is 0 Å². The predicted molar refractivity (Wildman–Crippen MR) is 79.7 cm³/mol. The minimum atomic E-state index is -0.125. The molecule has 2 aromatic heterocycles. The molecule has 0 radical (unpaired) electrons. The maximum Gasteiger partial charge on any atom is 0.273 e. The van der Waals surface area contributed by atoms with E-state index in [9.17, 15) is 4.79 Å². The molecule has 0 aromatic carbocycles. The van der Waals surface area contributed by atoms with Crippen molar-refractivity contribution in [3.8, 4) is 0 Å². The molecule has 1 N–H and O–H groups in total. The molecule has 2 heterocycles. The highest BCUT2D eigenvalue weighted by molar-refractivity contribution is 5.93. The third-order valence-electron chi connectivity index (χ3n) is 4.49. The summed E-state index contributed by atoms with van der Waals surface area (Å²) in [5.74, 6) is 2.53. The van der Waals surface area contributed by atoms with Crippen molar-refractivity contribution < 1.29 is 9.32 Å². The largest absolute Gasteiger partial charge is 0.360 e. The van der Waals surface area contributed by atoms with Gasteiger partial charge in [-0.05, 0) is 32.1 Å². The van der Waals surface area contributed by atoms with Gasteiger partial charge in [-0.25, -0.2) is 4.98 Å². The van der Waals surface area contributed by atoms with Crippen molar-refractivity contribution >= 4 is 5.91 Å². The van der Waals surface area contributed by atoms with Gasteiger partial charge < -0.3 is 14.4 Å². The SMILES string of the molecule is O=C(NCCn1ccnc1C1CC1)c1noc2c1CCCC2. The quantitative estimate of drug-likeness (QED) is 0.917. The lowest BCUT2D eigenvalue weighted by Crippen LogP contribution is -2.28. The first-order valence-electron chi connectivity index (χ1n) is 8.09. The molecule has 1 saturated carbocycles. The van der Waals surface area contributed by atoms with Crippen LogP contribution in [0.25, 0.3) is 0 Å². The second-order valence-electron chi connectivity index (χ2n) is 6.15. The Kier molecular flexibility index (Phi) is 3.44. The third-order valence-corrected chi connectivity index (χ3v) is 4.49. The van der Waals surface area contributed by atoms with Crippen molar-refractivity contribution in [3.05, 3.63) is 35.2 Å². The molecule has 6 heteroatoms. The van der Waals surface area contributed by atoms with Gasteiger partial charge in [0.1, 0.15) is 11.6 Å². The van der Waals surface area contributed by atoms with Crippen LogP contribution in [0.5, 0.6) is 0 Å². The van der Waals surface area contributed by atoms with E-state index in [1.807, 2.05) is 12.4 Å². The fourth-order valence-corrected chi connectivity index (χ4v) is 3.15. The van der Waals surface area contributed by atoms with E-state index in [1.165, 1.54) is 12.8 Å². The molecule has 0 atom stereocenters. The summed E-state index contributed by atoms with van der Waals surface area (Å²) in [4.78, 5) is 16.7. The molecule has 22 heavy (non-hydrogen) atoms. The van der Waals surface area contributed by atoms with Crippen LogP contribution in [0.2, 0.25) is 0 Å². The van der Waals surface area contributed by atoms with Gasteiger partial charge in [0.2, 0.25) is 0 Å². The van der Waals surface area contributed by atoms with Crippen molar-refractivity contribution in [1.82, 2.24) is 20.0 Å². The van der Waals surface area contributed by atoms with E-state index in [0.29, 0.717) is 18.2 Å². The van der Waals surface area contributed by atoms with Gasteiger partial charge in [0.25, 0.3) is 5.91 Å². The lowest BCUT2D eigenvalue weighted by molar-refractivity contribution is 0.0942. The maximum atomic E-state index is 12.3. The predicted octanol–water partition coefficient (Wildman–Crippen LogP) is 2.06. The van der Waals surface area contributed by atoms with Gasteiger partial charge in [0, 0.05) is 43.4 Å². The molecule has 0 spiro atoms. The number of nitrogens with one attached hydrogen (secondary N) is 1. The van der Waals surface area contributed by atoms with E-state index in [-0.39, 0.29) is 5.91 Å². The Morgan fingerprint density at radius 2 is 2.23 bits per heavy atom. The minimum absolute atomic E-state index is 0.125. The Labute approximate surface area is 128 Å². The monoisotopic (exact) mass is 300 g/mol. The average Bonchev–Trinajstić information content (AvgIpc) is 3.11. The number of aryl methyl sites for hydroxylation is 1. The van der Waals surface area contributed by atoms with E-state index in [2.05, 4.69) is 20.0 Å². The molecule has 2 aliphatic carbocycles. The van der Waals surface area contributed by atoms with Crippen molar-refractivity contribution in [3.63, 3.8) is 0 Å². The smallest absolute Gasteiger partial charge is 0.273 e. The Bertz CT molecular complexity index is 684. The Balaban J connectivity index is 1.36. The van der Waals surface area contributed by atoms with Crippen LogP contribution < -0.4 is 5.32 Å². The molecule has 1 amide bonds. The summed E-state index contributed by atoms with van der Waals surface area (Å²) in [5, 5.41) is 6.91. The number of aromatic nitrogens is 3. The summed E-state index contributed by atoms with van der Waals surface area (Å²) < 4.78 is 7.43. The second-order valence-corrected chi connectivity index (χ2v) is 6.15. The minimum Gasteiger partial charge on any atom is -0.360 e. The van der Waals surface area contributed by atoms with E-state index >= 15 is 0 Å². The van der Waals surface area contributed by atoms with E-state index in [1.54, 1.807) is 0 Å². The lowest BCUT2D eigenvalue weighted by Gasteiger charge is -2.10. The Morgan fingerprint density at radius 3 is 3.09 bits per heavy atom. The van der Waals surface area contributed by atoms with Gasteiger partial charge in [-0.15, -0.1) is 0 Å². The number of carbonyl (C=O) groups excluding carboxylic acids is 1. The van der Waals surface area contributed by atoms with E-state index in [0.717, 1.165) is 49.4 Å². The summed E-state index contributed by atoms with van der Waals surface area (Å²) >= 11 is 0. The molecule has 1 fully saturated rings. The van der Waals surface area contributed by atoms with Gasteiger partial charge >= 0.3 is 0 Å². The molecule has 0 aliphatic heterocycles. The van der Waals surface area contributed by atoms with Crippen LogP contribution in [0, 0.1) is 0 Å². The Morgan fingerprint density at radius 1 is 1.36 bits per heavy atom. The number of nitrogens with zero attached hydrogens (tertiary/aromatic N) is 3. The highest BCUT2D eigenvalue weighted by Crippen LogP contribution is 2.38. The molecular weight excluding hydrogens is 280 g/mol. The molecule has 4 rings (SSSR count). The molecule has 0 bridgehead atoms. The summed E-state index contributed by atoms with van der Waals surface area (Å²) in [6.07, 6.45) is 10.3. The molecule has 0 unspecified atom stereocenters. The molecule has 2 aliphatic rings. The van der Waals surface area contributed by atoms with Gasteiger partial charge in [0.05, 0.1) is 0 Å². The fraction of sp³-hybridized carbons (Fsp3) is 0.562. The van der Waals surface area contributed by atoms with Crippen molar-refractivity contribution in [2.24, 2.45) is 0 Å². The zero-order valence-corrected chi connectivity index (χ0v) is 12.5. The second kappa shape index (κ2) is 5.59. The first kappa shape index (κ1) is 13.5. The zero-order chi connectivity index (χ0) is 14.9. The molecule has 116 valence electrons. The maximum absolute atomic E-state index is 12.3. The normalized spacial score (nSPS) is 17.3. The summed E-state index contributed by atoms with van der Waals surface area (Å²) in [7, 11) is 0. The van der Waals surface area contributed by atoms with E-state index in [4.69, 9.17) is 4.52 Å². The van der Waals surface area contributed by atoms with Crippen molar-refractivity contribution in [2.75, 3.05) is 6.54 Å². The average molecular weight is 300 g/mol. The van der Waals surface area contributed by atoms with Gasteiger partial charge in [-0.3, -0.25) is 4.79 Å². The number of hydrogen-bond donors (Lipinski definition) is 1. The fourth-order valence-electron chi connectivity index (χ4n) is 3.15. The van der Waals surface area contributed by atoms with Crippen LogP contribution in [-0.4, -0.2) is 27.2 Å². The number of fused-ring (bicyclic) bond motifs is 1. The summed E-state index contributed by atoms with van der Waals surface area (Å²) in [6, 6.07) is 0. The molecule has 6 nitrogen and oxygen atoms in total. The Hall–Kier alpha value is -2.11. The highest BCUT2D eigenvalue weighted by Gasteiger charge is 2.28. The molecule has 0 saturated heterocycles. The van der Waals surface area contributed by atoms with Gasteiger partial charge in [0.15, 0.2) is 5.69 Å². The van der Waals surface area contributed by atoms with Crippen LogP contribution in [-0.2, 0) is 19.4 Å². The first-order valence-corrected chi connectivity index (χ1v) is 8.09. The first-order chi connectivity index (χ1) is 10.8. The van der Waals surface area contributed by atoms with Crippen molar-refractivity contribution in [1.29, 1.82) is 0 Å². The highest BCUT2D eigenvalue weighted by atomic mass is 16.5. The van der Waals surface area contributed by atoms with Crippen LogP contribution in [0.3, 0.4) is 0 Å². The third kappa shape index (κ3) is 2.53. The van der Waals surface area contributed by atoms with Gasteiger partial charge in [-0.1, -0.05) is 5.16 Å². The van der Waals surface area contributed by atoms with Crippen LogP contribution in [0.1, 0.15) is 59.2 Å². The van der Waals surface area contributed by atoms with Crippen LogP contribution in [0.15, 0.2) is 16.9 Å². The molecular formula is C16H20N4O2. The van der Waals surface area contributed by atoms with Gasteiger partial charge in [-0.2, -0.15) is 0 Å². The summed E-state index contributed by atoms with van der Waals surface area (Å²) in [5.41, 5.74) is 1.48. The molecule has 2 aromatic rings.